The molecule has 1 heterocycles. The van der Waals surface area contributed by atoms with Crippen LogP contribution in [0.15, 0.2) is 18.3 Å². The molecular weight excluding hydrogens is 170 g/mol. The van der Waals surface area contributed by atoms with Crippen LogP contribution in [0.3, 0.4) is 0 Å². The molecule has 0 saturated carbocycles. The quantitative estimate of drug-likeness (QED) is 0.500. The Kier molecular flexibility index (Phi) is 3.92. The highest BCUT2D eigenvalue weighted by Crippen LogP contribution is 2.10. The van der Waals surface area contributed by atoms with E-state index in [2.05, 4.69) is 4.98 Å². The summed E-state index contributed by atoms with van der Waals surface area (Å²) in [5.41, 5.74) is 0.457. The summed E-state index contributed by atoms with van der Waals surface area (Å²) in [5.74, 6) is 0.356. The van der Waals surface area contributed by atoms with E-state index in [0.29, 0.717) is 24.7 Å². The molecule has 0 aliphatic heterocycles. The average molecular weight is 181 g/mol. The van der Waals surface area contributed by atoms with E-state index in [4.69, 9.17) is 9.47 Å². The molecule has 0 N–H and O–H groups in total. The molecule has 0 unspecified atom stereocenters. The van der Waals surface area contributed by atoms with Gasteiger partial charge in [0.25, 0.3) is 0 Å². The maximum absolute atomic E-state index is 10.5. The van der Waals surface area contributed by atoms with Crippen molar-refractivity contribution in [1.29, 1.82) is 0 Å². The lowest BCUT2D eigenvalue weighted by Gasteiger charge is -2.05. The Morgan fingerprint density at radius 2 is 2.38 bits per heavy atom. The molecule has 1 aromatic rings. The molecule has 0 atom stereocenters. The zero-order valence-electron chi connectivity index (χ0n) is 7.40. The van der Waals surface area contributed by atoms with Crippen molar-refractivity contribution in [1.82, 2.24) is 4.98 Å². The minimum absolute atomic E-state index is 0.356. The molecule has 4 heteroatoms. The second-order valence-corrected chi connectivity index (χ2v) is 2.36. The summed E-state index contributed by atoms with van der Waals surface area (Å²) >= 11 is 0. The van der Waals surface area contributed by atoms with E-state index in [9.17, 15) is 4.79 Å². The van der Waals surface area contributed by atoms with Gasteiger partial charge in [-0.1, -0.05) is 0 Å². The van der Waals surface area contributed by atoms with Gasteiger partial charge >= 0.3 is 0 Å². The van der Waals surface area contributed by atoms with Crippen molar-refractivity contribution in [2.24, 2.45) is 0 Å². The van der Waals surface area contributed by atoms with Crippen LogP contribution in [0.1, 0.15) is 10.4 Å². The molecule has 0 aliphatic carbocycles. The zero-order chi connectivity index (χ0) is 9.52. The van der Waals surface area contributed by atoms with Gasteiger partial charge in [0, 0.05) is 13.3 Å². The van der Waals surface area contributed by atoms with Gasteiger partial charge in [0.15, 0.2) is 6.29 Å². The molecule has 0 aliphatic rings. The molecule has 4 nitrogen and oxygen atoms in total. The first-order valence-electron chi connectivity index (χ1n) is 3.90. The van der Waals surface area contributed by atoms with Gasteiger partial charge in [-0.3, -0.25) is 4.79 Å². The number of nitrogens with zero attached hydrogens (tertiary/aromatic N) is 1. The Labute approximate surface area is 76.5 Å². The molecular formula is C9H11NO3. The van der Waals surface area contributed by atoms with Gasteiger partial charge < -0.3 is 9.47 Å². The summed E-state index contributed by atoms with van der Waals surface area (Å²) in [6.45, 7) is 0.878. The number of carbonyl (C=O) groups is 1. The molecule has 1 aromatic heterocycles. The number of hydrogen-bond acceptors (Lipinski definition) is 4. The van der Waals surface area contributed by atoms with Gasteiger partial charge in [-0.05, 0) is 12.1 Å². The van der Waals surface area contributed by atoms with Crippen LogP contribution in [0.25, 0.3) is 0 Å². The van der Waals surface area contributed by atoms with Gasteiger partial charge in [0.2, 0.25) is 5.88 Å². The lowest BCUT2D eigenvalue weighted by atomic mass is 10.3. The molecule has 0 spiro atoms. The Hall–Kier alpha value is -1.42. The van der Waals surface area contributed by atoms with Crippen LogP contribution in [0.5, 0.6) is 5.88 Å². The minimum atomic E-state index is 0.356. The molecule has 13 heavy (non-hydrogen) atoms. The third kappa shape index (κ3) is 2.83. The summed E-state index contributed by atoms with van der Waals surface area (Å²) in [7, 11) is 1.59. The van der Waals surface area contributed by atoms with E-state index >= 15 is 0 Å². The first-order chi connectivity index (χ1) is 6.38. The van der Waals surface area contributed by atoms with Crippen LogP contribution in [-0.4, -0.2) is 31.6 Å². The highest BCUT2D eigenvalue weighted by molar-refractivity contribution is 5.77. The van der Waals surface area contributed by atoms with Crippen LogP contribution < -0.4 is 4.74 Å². The molecule has 70 valence electrons. The molecule has 0 fully saturated rings. The molecule has 0 bridgehead atoms. The third-order valence-electron chi connectivity index (χ3n) is 1.45. The fraction of sp³-hybridized carbons (Fsp3) is 0.333. The summed E-state index contributed by atoms with van der Waals surface area (Å²) in [4.78, 5) is 14.4. The number of rotatable bonds is 5. The Morgan fingerprint density at radius 3 is 3.08 bits per heavy atom. The summed E-state index contributed by atoms with van der Waals surface area (Å²) < 4.78 is 10.00. The molecule has 1 rings (SSSR count). The van der Waals surface area contributed by atoms with E-state index in [-0.39, 0.29) is 0 Å². The van der Waals surface area contributed by atoms with Crippen LogP contribution in [0.2, 0.25) is 0 Å². The first kappa shape index (κ1) is 9.67. The fourth-order valence-corrected chi connectivity index (χ4v) is 0.835. The van der Waals surface area contributed by atoms with E-state index < -0.39 is 0 Å². The van der Waals surface area contributed by atoms with E-state index in [1.807, 2.05) is 0 Å². The predicted octanol–water partition coefficient (Wildman–Crippen LogP) is 0.919. The van der Waals surface area contributed by atoms with Crippen LogP contribution in [-0.2, 0) is 4.74 Å². The van der Waals surface area contributed by atoms with Crippen molar-refractivity contribution in [3.05, 3.63) is 23.9 Å². The monoisotopic (exact) mass is 181 g/mol. The number of aromatic nitrogens is 1. The average Bonchev–Trinajstić information content (AvgIpc) is 2.19. The van der Waals surface area contributed by atoms with Gasteiger partial charge in [-0.2, -0.15) is 0 Å². The number of pyridine rings is 1. The molecule has 0 amide bonds. The summed E-state index contributed by atoms with van der Waals surface area (Å²) in [6.07, 6.45) is 2.30. The first-order valence-corrected chi connectivity index (χ1v) is 3.90. The van der Waals surface area contributed by atoms with E-state index in [1.165, 1.54) is 0 Å². The maximum atomic E-state index is 10.5. The van der Waals surface area contributed by atoms with Crippen molar-refractivity contribution in [3.63, 3.8) is 0 Å². The van der Waals surface area contributed by atoms with Crippen molar-refractivity contribution < 1.29 is 14.3 Å². The van der Waals surface area contributed by atoms with Crippen molar-refractivity contribution in [2.75, 3.05) is 20.3 Å². The standard InChI is InChI=1S/C9H11NO3/c1-12-5-6-13-9-8(7-11)3-2-4-10-9/h2-4,7H,5-6H2,1H3. The number of hydrogen-bond donors (Lipinski definition) is 0. The topological polar surface area (TPSA) is 48.4 Å². The second kappa shape index (κ2) is 5.27. The maximum Gasteiger partial charge on any atom is 0.224 e. The highest BCUT2D eigenvalue weighted by Gasteiger charge is 2.01. The van der Waals surface area contributed by atoms with Crippen LogP contribution in [0.4, 0.5) is 0 Å². The van der Waals surface area contributed by atoms with Crippen LogP contribution >= 0.6 is 0 Å². The number of carbonyl (C=O) groups excluding carboxylic acids is 1. The van der Waals surface area contributed by atoms with Crippen molar-refractivity contribution in [2.45, 2.75) is 0 Å². The van der Waals surface area contributed by atoms with Gasteiger partial charge in [-0.25, -0.2) is 4.98 Å². The number of ether oxygens (including phenoxy) is 2. The molecule has 0 saturated heterocycles. The summed E-state index contributed by atoms with van der Waals surface area (Å²) in [6, 6.07) is 3.34. The molecule has 0 aromatic carbocycles. The predicted molar refractivity (Wildman–Crippen MR) is 47.0 cm³/mol. The summed E-state index contributed by atoms with van der Waals surface area (Å²) in [5, 5.41) is 0. The minimum Gasteiger partial charge on any atom is -0.475 e. The Bertz CT molecular complexity index is 275. The van der Waals surface area contributed by atoms with Gasteiger partial charge in [0.1, 0.15) is 6.61 Å². The Balaban J connectivity index is 2.59. The second-order valence-electron chi connectivity index (χ2n) is 2.36. The molecule has 0 radical (unpaired) electrons. The fourth-order valence-electron chi connectivity index (χ4n) is 0.835. The van der Waals surface area contributed by atoms with Crippen LogP contribution in [0, 0.1) is 0 Å². The van der Waals surface area contributed by atoms with E-state index in [1.54, 1.807) is 25.4 Å². The normalized spacial score (nSPS) is 9.62. The van der Waals surface area contributed by atoms with Crippen molar-refractivity contribution >= 4 is 6.29 Å². The third-order valence-corrected chi connectivity index (χ3v) is 1.45. The lowest BCUT2D eigenvalue weighted by Crippen LogP contribution is -2.06. The SMILES string of the molecule is COCCOc1ncccc1C=O. The number of aldehydes is 1. The van der Waals surface area contributed by atoms with E-state index in [0.717, 1.165) is 6.29 Å². The Morgan fingerprint density at radius 1 is 1.54 bits per heavy atom. The number of methoxy groups -OCH3 is 1. The zero-order valence-corrected chi connectivity index (χ0v) is 7.40. The van der Waals surface area contributed by atoms with Gasteiger partial charge in [-0.15, -0.1) is 0 Å². The van der Waals surface area contributed by atoms with Gasteiger partial charge in [0.05, 0.1) is 12.2 Å². The lowest BCUT2D eigenvalue weighted by molar-refractivity contribution is 0.111. The largest absolute Gasteiger partial charge is 0.475 e. The van der Waals surface area contributed by atoms with Crippen molar-refractivity contribution in [3.8, 4) is 5.88 Å². The highest BCUT2D eigenvalue weighted by atomic mass is 16.5. The smallest absolute Gasteiger partial charge is 0.224 e.